The van der Waals surface area contributed by atoms with Gasteiger partial charge in [0, 0.05) is 32.3 Å². The molecule has 1 unspecified atom stereocenters. The van der Waals surface area contributed by atoms with Crippen LogP contribution >= 0.6 is 0 Å². The Bertz CT molecular complexity index is 394. The van der Waals surface area contributed by atoms with Crippen LogP contribution in [0.4, 0.5) is 4.79 Å². The third-order valence-corrected chi connectivity index (χ3v) is 2.98. The first-order valence-corrected chi connectivity index (χ1v) is 6.04. The molecule has 0 bridgehead atoms. The second-order valence-corrected chi connectivity index (χ2v) is 4.76. The largest absolute Gasteiger partial charge is 0.478 e. The summed E-state index contributed by atoms with van der Waals surface area (Å²) in [5.74, 6) is -1.56. The molecule has 3 amide bonds. The number of urea groups is 1. The van der Waals surface area contributed by atoms with Gasteiger partial charge in [0.15, 0.2) is 0 Å². The van der Waals surface area contributed by atoms with Gasteiger partial charge in [0.05, 0.1) is 0 Å². The lowest BCUT2D eigenvalue weighted by molar-refractivity contribution is -0.131. The van der Waals surface area contributed by atoms with Gasteiger partial charge in [-0.15, -0.1) is 0 Å². The molecule has 0 spiro atoms. The number of carbonyl (C=O) groups excluding carboxylic acids is 2. The molecule has 1 aliphatic heterocycles. The molecule has 0 radical (unpaired) electrons. The van der Waals surface area contributed by atoms with Crippen molar-refractivity contribution in [2.24, 2.45) is 5.92 Å². The maximum absolute atomic E-state index is 11.7. The molecule has 0 saturated carbocycles. The molecule has 0 aromatic rings. The van der Waals surface area contributed by atoms with Gasteiger partial charge in [0.1, 0.15) is 0 Å². The quantitative estimate of drug-likeness (QED) is 0.687. The van der Waals surface area contributed by atoms with Gasteiger partial charge in [-0.25, -0.2) is 9.59 Å². The van der Waals surface area contributed by atoms with E-state index in [9.17, 15) is 14.4 Å². The van der Waals surface area contributed by atoms with Crippen molar-refractivity contribution in [3.8, 4) is 0 Å². The number of hydrogen-bond acceptors (Lipinski definition) is 4. The highest BCUT2D eigenvalue weighted by atomic mass is 16.4. The van der Waals surface area contributed by atoms with E-state index in [1.165, 1.54) is 4.90 Å². The lowest BCUT2D eigenvalue weighted by Gasteiger charge is -2.20. The Labute approximate surface area is 111 Å². The highest BCUT2D eigenvalue weighted by Crippen LogP contribution is 2.14. The lowest BCUT2D eigenvalue weighted by atomic mass is 10.1. The fraction of sp³-hybridized carbons (Fsp3) is 0.583. The first-order valence-electron chi connectivity index (χ1n) is 6.04. The van der Waals surface area contributed by atoms with Crippen LogP contribution in [0, 0.1) is 5.92 Å². The minimum atomic E-state index is -1.23. The Balaban J connectivity index is 2.36. The van der Waals surface area contributed by atoms with Crippen LogP contribution in [0.3, 0.4) is 0 Å². The molecule has 0 aromatic carbocycles. The van der Waals surface area contributed by atoms with Crippen LogP contribution in [0.1, 0.15) is 6.42 Å². The number of carbonyl (C=O) groups is 3. The van der Waals surface area contributed by atoms with Gasteiger partial charge in [-0.2, -0.15) is 0 Å². The van der Waals surface area contributed by atoms with Gasteiger partial charge in [0.2, 0.25) is 0 Å². The molecule has 7 heteroatoms. The summed E-state index contributed by atoms with van der Waals surface area (Å²) >= 11 is 0. The standard InChI is InChI=1S/C12H19N3O4/c1-14-6-5-9(7-14)8-15(2)12(19)13-10(16)3-4-11(17)18/h3-4,9H,5-8H2,1-2H3,(H,17,18)(H,13,16,19). The summed E-state index contributed by atoms with van der Waals surface area (Å²) < 4.78 is 0. The van der Waals surface area contributed by atoms with E-state index in [2.05, 4.69) is 10.2 Å². The van der Waals surface area contributed by atoms with E-state index in [0.29, 0.717) is 18.5 Å². The molecule has 0 aromatic heterocycles. The molecule has 19 heavy (non-hydrogen) atoms. The third-order valence-electron chi connectivity index (χ3n) is 2.98. The molecule has 1 heterocycles. The first kappa shape index (κ1) is 15.2. The number of hydrogen-bond donors (Lipinski definition) is 2. The zero-order chi connectivity index (χ0) is 14.4. The highest BCUT2D eigenvalue weighted by Gasteiger charge is 2.22. The summed E-state index contributed by atoms with van der Waals surface area (Å²) in [6, 6.07) is -0.519. The Morgan fingerprint density at radius 3 is 2.63 bits per heavy atom. The second kappa shape index (κ2) is 6.89. The molecule has 1 aliphatic rings. The predicted octanol–water partition coefficient (Wildman–Crippen LogP) is -0.253. The van der Waals surface area contributed by atoms with Gasteiger partial charge < -0.3 is 14.9 Å². The number of carboxylic acid groups (broad SMARTS) is 1. The van der Waals surface area contributed by atoms with Crippen LogP contribution in [0.2, 0.25) is 0 Å². The average molecular weight is 269 g/mol. The molecule has 1 fully saturated rings. The van der Waals surface area contributed by atoms with Gasteiger partial charge >= 0.3 is 12.0 Å². The molecular formula is C12H19N3O4. The van der Waals surface area contributed by atoms with E-state index in [0.717, 1.165) is 25.6 Å². The molecular weight excluding hydrogens is 250 g/mol. The van der Waals surface area contributed by atoms with E-state index in [1.807, 2.05) is 7.05 Å². The number of amides is 3. The zero-order valence-electron chi connectivity index (χ0n) is 11.1. The van der Waals surface area contributed by atoms with E-state index < -0.39 is 17.9 Å². The molecule has 1 rings (SSSR count). The Kier molecular flexibility index (Phi) is 5.50. The molecule has 1 saturated heterocycles. The predicted molar refractivity (Wildman–Crippen MR) is 68.5 cm³/mol. The summed E-state index contributed by atoms with van der Waals surface area (Å²) in [6.07, 6.45) is 2.53. The summed E-state index contributed by atoms with van der Waals surface area (Å²) in [4.78, 5) is 36.8. The molecule has 0 aliphatic carbocycles. The summed E-state index contributed by atoms with van der Waals surface area (Å²) in [5.41, 5.74) is 0. The van der Waals surface area contributed by atoms with Crippen molar-refractivity contribution in [3.05, 3.63) is 12.2 Å². The summed E-state index contributed by atoms with van der Waals surface area (Å²) in [7, 11) is 3.64. The third kappa shape index (κ3) is 5.52. The Morgan fingerprint density at radius 1 is 1.42 bits per heavy atom. The lowest BCUT2D eigenvalue weighted by Crippen LogP contribution is -2.42. The molecule has 2 N–H and O–H groups in total. The smallest absolute Gasteiger partial charge is 0.328 e. The highest BCUT2D eigenvalue weighted by molar-refractivity contribution is 6.02. The minimum Gasteiger partial charge on any atom is -0.478 e. The van der Waals surface area contributed by atoms with Crippen LogP contribution in [0.5, 0.6) is 0 Å². The molecule has 1 atom stereocenters. The fourth-order valence-corrected chi connectivity index (χ4v) is 2.04. The monoisotopic (exact) mass is 269 g/mol. The zero-order valence-corrected chi connectivity index (χ0v) is 11.1. The van der Waals surface area contributed by atoms with E-state index in [1.54, 1.807) is 7.05 Å². The van der Waals surface area contributed by atoms with Gasteiger partial charge in [-0.3, -0.25) is 10.1 Å². The van der Waals surface area contributed by atoms with E-state index in [-0.39, 0.29) is 0 Å². The van der Waals surface area contributed by atoms with Crippen LogP contribution in [0.15, 0.2) is 12.2 Å². The number of rotatable bonds is 4. The number of imide groups is 1. The fourth-order valence-electron chi connectivity index (χ4n) is 2.04. The van der Waals surface area contributed by atoms with Crippen molar-refractivity contribution in [1.29, 1.82) is 0 Å². The number of aliphatic carboxylic acids is 1. The minimum absolute atomic E-state index is 0.408. The van der Waals surface area contributed by atoms with Gasteiger partial charge in [-0.05, 0) is 25.9 Å². The SMILES string of the molecule is CN1CCC(CN(C)C(=O)NC(=O)C=CC(=O)O)C1. The van der Waals surface area contributed by atoms with Crippen LogP contribution in [0.25, 0.3) is 0 Å². The van der Waals surface area contributed by atoms with Crippen molar-refractivity contribution in [3.63, 3.8) is 0 Å². The van der Waals surface area contributed by atoms with Crippen molar-refractivity contribution >= 4 is 17.9 Å². The maximum atomic E-state index is 11.7. The number of nitrogens with one attached hydrogen (secondary N) is 1. The number of nitrogens with zero attached hydrogens (tertiary/aromatic N) is 2. The first-order chi connectivity index (χ1) is 8.88. The normalized spacial score (nSPS) is 19.6. The van der Waals surface area contributed by atoms with Gasteiger partial charge in [-0.1, -0.05) is 0 Å². The average Bonchev–Trinajstić information content (AvgIpc) is 2.72. The van der Waals surface area contributed by atoms with Crippen LogP contribution in [-0.4, -0.2) is 66.5 Å². The van der Waals surface area contributed by atoms with Crippen LogP contribution < -0.4 is 5.32 Å². The van der Waals surface area contributed by atoms with E-state index >= 15 is 0 Å². The van der Waals surface area contributed by atoms with Crippen LogP contribution in [-0.2, 0) is 9.59 Å². The van der Waals surface area contributed by atoms with E-state index in [4.69, 9.17) is 5.11 Å². The molecule has 7 nitrogen and oxygen atoms in total. The van der Waals surface area contributed by atoms with Gasteiger partial charge in [0.25, 0.3) is 5.91 Å². The Morgan fingerprint density at radius 2 is 2.11 bits per heavy atom. The summed E-state index contributed by atoms with van der Waals surface area (Å²) in [5, 5.41) is 10.5. The number of carboxylic acids is 1. The second-order valence-electron chi connectivity index (χ2n) is 4.76. The van der Waals surface area contributed by atoms with Crippen molar-refractivity contribution < 1.29 is 19.5 Å². The maximum Gasteiger partial charge on any atom is 0.328 e. The number of likely N-dealkylation sites (tertiary alicyclic amines) is 1. The summed E-state index contributed by atoms with van der Waals surface area (Å²) in [6.45, 7) is 2.52. The van der Waals surface area contributed by atoms with Crippen molar-refractivity contribution in [1.82, 2.24) is 15.1 Å². The topological polar surface area (TPSA) is 90.0 Å². The molecule has 106 valence electrons. The van der Waals surface area contributed by atoms with Crippen molar-refractivity contribution in [2.75, 3.05) is 33.7 Å². The van der Waals surface area contributed by atoms with Crippen molar-refractivity contribution in [2.45, 2.75) is 6.42 Å². The Hall–Kier alpha value is -1.89.